The number of carbonyl (C=O) groups excluding carboxylic acids is 1. The third kappa shape index (κ3) is 8.17. The van der Waals surface area contributed by atoms with Crippen LogP contribution in [0.1, 0.15) is 117 Å². The Morgan fingerprint density at radius 1 is 1.00 bits per heavy atom. The Hall–Kier alpha value is -3.92. The van der Waals surface area contributed by atoms with Crippen LogP contribution in [0.3, 0.4) is 0 Å². The zero-order valence-corrected chi connectivity index (χ0v) is 30.0. The molecule has 10 heteroatoms. The molecule has 1 fully saturated rings. The minimum absolute atomic E-state index is 0.0287. The average Bonchev–Trinajstić information content (AvgIpc) is 3.51. The normalized spacial score (nSPS) is 16.9. The second-order valence-electron chi connectivity index (χ2n) is 14.9. The number of aliphatic carboxylic acids is 1. The maximum absolute atomic E-state index is 14.4. The number of nitrogens with zero attached hydrogens (tertiary/aromatic N) is 2. The number of hydrogen-bond acceptors (Lipinski definition) is 4. The van der Waals surface area contributed by atoms with Crippen LogP contribution in [0.4, 0.5) is 13.2 Å². The number of aryl methyl sites for hydroxylation is 3. The fraction of sp³-hybridized carbons (Fsp3) is 0.525. The van der Waals surface area contributed by atoms with Crippen molar-refractivity contribution in [3.05, 3.63) is 91.9 Å². The summed E-state index contributed by atoms with van der Waals surface area (Å²) >= 11 is 0. The van der Waals surface area contributed by atoms with E-state index in [0.717, 1.165) is 51.6 Å². The molecule has 270 valence electrons. The molecule has 1 aliphatic heterocycles. The van der Waals surface area contributed by atoms with E-state index in [2.05, 4.69) is 24.1 Å². The summed E-state index contributed by atoms with van der Waals surface area (Å²) < 4.78 is 44.3. The summed E-state index contributed by atoms with van der Waals surface area (Å²) in [5.74, 6) is -2.22. The Morgan fingerprint density at radius 3 is 2.24 bits per heavy atom. The number of carbonyl (C=O) groups is 2. The number of likely N-dealkylation sites (tertiary alicyclic amines) is 1. The van der Waals surface area contributed by atoms with Crippen molar-refractivity contribution >= 4 is 11.9 Å². The number of piperidine rings is 1. The van der Waals surface area contributed by atoms with Crippen LogP contribution in [0, 0.1) is 19.8 Å². The van der Waals surface area contributed by atoms with Gasteiger partial charge in [0.15, 0.2) is 0 Å². The molecule has 1 aromatic heterocycles. The molecule has 1 amide bonds. The molecule has 0 bridgehead atoms. The lowest BCUT2D eigenvalue weighted by Gasteiger charge is -2.36. The lowest BCUT2D eigenvalue weighted by Crippen LogP contribution is -2.41. The summed E-state index contributed by atoms with van der Waals surface area (Å²) in [5.41, 5.74) is 5.48. The Labute approximate surface area is 292 Å². The Bertz CT molecular complexity index is 1770. The minimum atomic E-state index is -4.73. The van der Waals surface area contributed by atoms with E-state index in [-0.39, 0.29) is 23.9 Å². The molecule has 0 unspecified atom stereocenters. The van der Waals surface area contributed by atoms with Gasteiger partial charge in [-0.1, -0.05) is 38.1 Å². The first-order chi connectivity index (χ1) is 23.5. The van der Waals surface area contributed by atoms with Crippen LogP contribution in [0.2, 0.25) is 0 Å². The van der Waals surface area contributed by atoms with Gasteiger partial charge in [-0.3, -0.25) is 14.4 Å². The lowest BCUT2D eigenvalue weighted by atomic mass is 9.86. The molecule has 3 aromatic rings. The number of rotatable bonds is 11. The van der Waals surface area contributed by atoms with Gasteiger partial charge in [-0.2, -0.15) is 13.2 Å². The monoisotopic (exact) mass is 693 g/mol. The van der Waals surface area contributed by atoms with Gasteiger partial charge in [-0.25, -0.2) is 0 Å². The van der Waals surface area contributed by atoms with E-state index in [9.17, 15) is 32.7 Å². The van der Waals surface area contributed by atoms with Crippen LogP contribution >= 0.6 is 0 Å². The summed E-state index contributed by atoms with van der Waals surface area (Å²) in [4.78, 5) is 42.2. The summed E-state index contributed by atoms with van der Waals surface area (Å²) in [5, 5.41) is 12.9. The molecule has 7 nitrogen and oxygen atoms in total. The second-order valence-corrected chi connectivity index (χ2v) is 14.9. The van der Waals surface area contributed by atoms with Crippen LogP contribution in [0.25, 0.3) is 11.1 Å². The van der Waals surface area contributed by atoms with Gasteiger partial charge in [0, 0.05) is 18.3 Å². The molecule has 2 N–H and O–H groups in total. The number of benzene rings is 2. The number of carboxylic acids is 1. The molecule has 1 aliphatic carbocycles. The number of halogens is 3. The molecular formula is C40H50F3N3O4. The van der Waals surface area contributed by atoms with Gasteiger partial charge in [-0.05, 0) is 142 Å². The number of pyridine rings is 1. The highest BCUT2D eigenvalue weighted by atomic mass is 19.4. The first kappa shape index (κ1) is 37.3. The average molecular weight is 694 g/mol. The summed E-state index contributed by atoms with van der Waals surface area (Å²) in [7, 11) is 0. The zero-order chi connectivity index (χ0) is 36.5. The quantitative estimate of drug-likeness (QED) is 0.212. The van der Waals surface area contributed by atoms with Gasteiger partial charge >= 0.3 is 12.1 Å². The van der Waals surface area contributed by atoms with Crippen molar-refractivity contribution in [3.8, 4) is 11.1 Å². The standard InChI is InChI=1S/C40H50F3N3O4/c1-23(2)17-35(46-22-32(33(20-36(46)47)40(41,42)43)27-13-15-45(16-14-27)24(3)4)39(50)44-34(21-37(48)49)29-18-28-11-8-12-30(28)31(19-29)38-25(5)9-7-10-26(38)6/h7,9-10,18-20,22-24,27,34-35H,8,11-17,21H2,1-6H3,(H,44,50)(H,48,49)/t34-,35+/m1/s1. The molecule has 2 aromatic carbocycles. The van der Waals surface area contributed by atoms with E-state index < -0.39 is 53.6 Å². The number of nitrogens with one attached hydrogen (secondary N) is 1. The van der Waals surface area contributed by atoms with Gasteiger partial charge in [0.2, 0.25) is 5.91 Å². The molecule has 0 radical (unpaired) electrons. The number of hydrogen-bond donors (Lipinski definition) is 2. The highest BCUT2D eigenvalue weighted by Crippen LogP contribution is 2.40. The number of carboxylic acid groups (broad SMARTS) is 1. The number of amides is 1. The van der Waals surface area contributed by atoms with Crippen LogP contribution in [-0.2, 0) is 28.6 Å². The van der Waals surface area contributed by atoms with E-state index in [4.69, 9.17) is 0 Å². The molecule has 2 heterocycles. The van der Waals surface area contributed by atoms with Gasteiger partial charge in [0.05, 0.1) is 18.0 Å². The predicted molar refractivity (Wildman–Crippen MR) is 189 cm³/mol. The third-order valence-corrected chi connectivity index (χ3v) is 10.5. The van der Waals surface area contributed by atoms with E-state index in [1.165, 1.54) is 11.8 Å². The van der Waals surface area contributed by atoms with Gasteiger partial charge in [0.1, 0.15) is 6.04 Å². The molecule has 0 saturated carbocycles. The molecule has 2 atom stereocenters. The summed E-state index contributed by atoms with van der Waals surface area (Å²) in [6, 6.07) is 8.91. The molecular weight excluding hydrogens is 643 g/mol. The zero-order valence-electron chi connectivity index (χ0n) is 30.0. The summed E-state index contributed by atoms with van der Waals surface area (Å²) in [6.45, 7) is 13.2. The Morgan fingerprint density at radius 2 is 1.66 bits per heavy atom. The van der Waals surface area contributed by atoms with E-state index in [0.29, 0.717) is 37.6 Å². The largest absolute Gasteiger partial charge is 0.481 e. The first-order valence-electron chi connectivity index (χ1n) is 17.9. The van der Waals surface area contributed by atoms with Gasteiger partial charge < -0.3 is 19.9 Å². The maximum atomic E-state index is 14.4. The smallest absolute Gasteiger partial charge is 0.416 e. The van der Waals surface area contributed by atoms with Crippen LogP contribution in [0.15, 0.2) is 47.4 Å². The topological polar surface area (TPSA) is 91.6 Å². The fourth-order valence-corrected chi connectivity index (χ4v) is 7.99. The molecule has 2 aliphatic rings. The second kappa shape index (κ2) is 15.1. The predicted octanol–water partition coefficient (Wildman–Crippen LogP) is 8.15. The van der Waals surface area contributed by atoms with Crippen LogP contribution < -0.4 is 10.9 Å². The number of alkyl halides is 3. The molecule has 1 saturated heterocycles. The van der Waals surface area contributed by atoms with Crippen molar-refractivity contribution in [2.75, 3.05) is 13.1 Å². The Balaban J connectivity index is 1.56. The van der Waals surface area contributed by atoms with Gasteiger partial charge in [0.25, 0.3) is 5.56 Å². The van der Waals surface area contributed by atoms with Crippen molar-refractivity contribution in [2.24, 2.45) is 5.92 Å². The van der Waals surface area contributed by atoms with Crippen molar-refractivity contribution in [3.63, 3.8) is 0 Å². The van der Waals surface area contributed by atoms with Gasteiger partial charge in [-0.15, -0.1) is 0 Å². The van der Waals surface area contributed by atoms with E-state index in [1.54, 1.807) is 0 Å². The van der Waals surface area contributed by atoms with E-state index >= 15 is 0 Å². The number of fused-ring (bicyclic) bond motifs is 1. The molecule has 50 heavy (non-hydrogen) atoms. The highest BCUT2D eigenvalue weighted by Gasteiger charge is 2.38. The minimum Gasteiger partial charge on any atom is -0.481 e. The first-order valence-corrected chi connectivity index (χ1v) is 17.9. The number of aromatic nitrogens is 1. The van der Waals surface area contributed by atoms with Crippen molar-refractivity contribution in [1.82, 2.24) is 14.8 Å². The Kier molecular flexibility index (Phi) is 11.3. The third-order valence-electron chi connectivity index (χ3n) is 10.5. The van der Waals surface area contributed by atoms with Crippen molar-refractivity contribution in [1.29, 1.82) is 0 Å². The van der Waals surface area contributed by atoms with Crippen LogP contribution in [0.5, 0.6) is 0 Å². The molecule has 5 rings (SSSR count). The van der Waals surface area contributed by atoms with Crippen molar-refractivity contribution < 1.29 is 27.9 Å². The SMILES string of the molecule is Cc1cccc(C)c1-c1cc([C@@H](CC(=O)O)NC(=O)[C@H](CC(C)C)n2cc(C3CCN(C(C)C)CC3)c(C(F)(F)F)cc2=O)cc2c1CCC2. The summed E-state index contributed by atoms with van der Waals surface area (Å²) in [6.07, 6.45) is 0.0292. The van der Waals surface area contributed by atoms with Crippen LogP contribution in [-0.4, -0.2) is 45.6 Å². The van der Waals surface area contributed by atoms with E-state index in [1.807, 2.05) is 58.0 Å². The fourth-order valence-electron chi connectivity index (χ4n) is 7.99. The van der Waals surface area contributed by atoms with Crippen molar-refractivity contribution in [2.45, 2.75) is 117 Å². The molecule has 0 spiro atoms. The highest BCUT2D eigenvalue weighted by molar-refractivity contribution is 5.82. The maximum Gasteiger partial charge on any atom is 0.416 e. The lowest BCUT2D eigenvalue weighted by molar-refractivity contribution is -0.139.